The molecule has 0 aromatic heterocycles. The van der Waals surface area contributed by atoms with E-state index < -0.39 is 7.60 Å². The number of rotatable bonds is 11. The van der Waals surface area contributed by atoms with E-state index in [0.717, 1.165) is 12.8 Å². The van der Waals surface area contributed by atoms with Crippen LogP contribution in [0, 0.1) is 0 Å². The first kappa shape index (κ1) is 21.1. The van der Waals surface area contributed by atoms with Crippen molar-refractivity contribution in [1.82, 2.24) is 0 Å². The Hall–Kier alpha value is -0.190. The van der Waals surface area contributed by atoms with Crippen LogP contribution in [0.15, 0.2) is 12.7 Å². The van der Waals surface area contributed by atoms with Gasteiger partial charge in [-0.15, -0.1) is 6.58 Å². The molecule has 0 fully saturated rings. The third-order valence-corrected chi connectivity index (χ3v) is 4.03. The predicted octanol–water partition coefficient (Wildman–Crippen LogP) is 2.94. The highest BCUT2D eigenvalue weighted by Crippen LogP contribution is 2.48. The molecular formula is C13H30NO4P. The van der Waals surface area contributed by atoms with Crippen LogP contribution >= 0.6 is 7.60 Å². The van der Waals surface area contributed by atoms with Gasteiger partial charge in [0.05, 0.1) is 26.0 Å². The fraction of sp³-hybridized carbons (Fsp3) is 0.846. The molecule has 1 unspecified atom stereocenters. The van der Waals surface area contributed by atoms with Crippen molar-refractivity contribution in [3.8, 4) is 0 Å². The molecule has 0 bridgehead atoms. The number of hydrogen-bond acceptors (Lipinski definition) is 5. The van der Waals surface area contributed by atoms with Gasteiger partial charge >= 0.3 is 7.60 Å². The van der Waals surface area contributed by atoms with Crippen molar-refractivity contribution in [3.05, 3.63) is 12.7 Å². The number of hydrogen-bond donors (Lipinski definition) is 2. The summed E-state index contributed by atoms with van der Waals surface area (Å²) in [4.78, 5) is 0. The Balaban J connectivity index is 0. The van der Waals surface area contributed by atoms with Crippen LogP contribution in [-0.2, 0) is 13.6 Å². The lowest BCUT2D eigenvalue weighted by Crippen LogP contribution is -2.02. The van der Waals surface area contributed by atoms with Crippen molar-refractivity contribution in [3.63, 3.8) is 0 Å². The fourth-order valence-electron chi connectivity index (χ4n) is 1.23. The highest BCUT2D eigenvalue weighted by atomic mass is 31.2. The molecule has 0 aliphatic heterocycles. The first-order chi connectivity index (χ1) is 9.10. The first-order valence-corrected chi connectivity index (χ1v) is 8.62. The van der Waals surface area contributed by atoms with Gasteiger partial charge in [0, 0.05) is 6.54 Å². The van der Waals surface area contributed by atoms with Crippen molar-refractivity contribution < 1.29 is 18.7 Å². The number of aliphatic hydroxyl groups excluding tert-OH is 1. The zero-order valence-electron chi connectivity index (χ0n) is 12.3. The largest absolute Gasteiger partial charge is 0.395 e. The van der Waals surface area contributed by atoms with E-state index in [0.29, 0.717) is 25.9 Å². The maximum atomic E-state index is 11.9. The highest BCUT2D eigenvalue weighted by molar-refractivity contribution is 7.54. The van der Waals surface area contributed by atoms with E-state index in [1.165, 1.54) is 12.8 Å². The van der Waals surface area contributed by atoms with Crippen LogP contribution in [0.4, 0.5) is 0 Å². The molecule has 0 spiro atoms. The number of nitrogens with two attached hydrogens (primary N) is 1. The molecule has 0 rings (SSSR count). The molecule has 0 radical (unpaired) electrons. The Kier molecular flexibility index (Phi) is 17.6. The van der Waals surface area contributed by atoms with E-state index >= 15 is 0 Å². The predicted molar refractivity (Wildman–Crippen MR) is 80.5 cm³/mol. The summed E-state index contributed by atoms with van der Waals surface area (Å²) in [6, 6.07) is 0. The molecule has 6 heteroatoms. The van der Waals surface area contributed by atoms with Crippen molar-refractivity contribution in [2.45, 2.75) is 39.5 Å². The minimum Gasteiger partial charge on any atom is -0.395 e. The molecule has 0 heterocycles. The Labute approximate surface area is 117 Å². The Bertz CT molecular complexity index is 235. The van der Waals surface area contributed by atoms with Gasteiger partial charge in [-0.3, -0.25) is 4.57 Å². The Morgan fingerprint density at radius 2 is 1.89 bits per heavy atom. The summed E-state index contributed by atoms with van der Waals surface area (Å²) >= 11 is 0. The normalized spacial score (nSPS) is 13.3. The third-order valence-electron chi connectivity index (χ3n) is 2.09. The molecule has 0 saturated heterocycles. The molecule has 0 aromatic carbocycles. The zero-order chi connectivity index (χ0) is 15.0. The fourth-order valence-corrected chi connectivity index (χ4v) is 2.63. The van der Waals surface area contributed by atoms with Gasteiger partial charge in [-0.1, -0.05) is 32.3 Å². The summed E-state index contributed by atoms with van der Waals surface area (Å²) in [6.07, 6.45) is 6.34. The molecule has 19 heavy (non-hydrogen) atoms. The summed E-state index contributed by atoms with van der Waals surface area (Å²) in [5.41, 5.74) is 4.78. The average molecular weight is 295 g/mol. The Morgan fingerprint density at radius 3 is 2.32 bits per heavy atom. The molecule has 116 valence electrons. The summed E-state index contributed by atoms with van der Waals surface area (Å²) < 4.78 is 22.4. The van der Waals surface area contributed by atoms with E-state index in [9.17, 15) is 4.57 Å². The average Bonchev–Trinajstić information content (AvgIpc) is 2.39. The lowest BCUT2D eigenvalue weighted by Gasteiger charge is -2.15. The van der Waals surface area contributed by atoms with Crippen LogP contribution in [0.25, 0.3) is 0 Å². The molecule has 5 nitrogen and oxygen atoms in total. The van der Waals surface area contributed by atoms with Gasteiger partial charge in [0.25, 0.3) is 0 Å². The van der Waals surface area contributed by atoms with Gasteiger partial charge in [0.15, 0.2) is 0 Å². The highest BCUT2D eigenvalue weighted by Gasteiger charge is 2.21. The SMILES string of the molecule is C=CCP(=O)(OCC)OCCCCCC.NCCO. The topological polar surface area (TPSA) is 81.8 Å². The smallest absolute Gasteiger partial charge is 0.334 e. The van der Waals surface area contributed by atoms with E-state index in [1.807, 2.05) is 6.92 Å². The second kappa shape index (κ2) is 15.9. The lowest BCUT2D eigenvalue weighted by atomic mass is 10.2. The van der Waals surface area contributed by atoms with Crippen LogP contribution in [0.5, 0.6) is 0 Å². The van der Waals surface area contributed by atoms with Crippen LogP contribution in [0.1, 0.15) is 39.5 Å². The van der Waals surface area contributed by atoms with Crippen LogP contribution < -0.4 is 5.73 Å². The quantitative estimate of drug-likeness (QED) is 0.348. The summed E-state index contributed by atoms with van der Waals surface area (Å²) in [5, 5.41) is 7.75. The van der Waals surface area contributed by atoms with Crippen LogP contribution in [0.2, 0.25) is 0 Å². The number of aliphatic hydroxyl groups is 1. The monoisotopic (exact) mass is 295 g/mol. The third kappa shape index (κ3) is 15.8. The van der Waals surface area contributed by atoms with Gasteiger partial charge in [0.2, 0.25) is 0 Å². The van der Waals surface area contributed by atoms with Gasteiger partial charge in [-0.05, 0) is 13.3 Å². The minimum atomic E-state index is -2.89. The molecule has 0 aliphatic rings. The van der Waals surface area contributed by atoms with E-state index in [2.05, 4.69) is 13.5 Å². The first-order valence-electron chi connectivity index (χ1n) is 6.90. The molecule has 0 amide bonds. The van der Waals surface area contributed by atoms with Gasteiger partial charge in [-0.2, -0.15) is 0 Å². The summed E-state index contributed by atoms with van der Waals surface area (Å²) in [7, 11) is -2.89. The molecule has 0 aliphatic carbocycles. The molecular weight excluding hydrogens is 265 g/mol. The van der Waals surface area contributed by atoms with Crippen molar-refractivity contribution in [2.24, 2.45) is 5.73 Å². The van der Waals surface area contributed by atoms with Crippen molar-refractivity contribution >= 4 is 7.60 Å². The van der Waals surface area contributed by atoms with E-state index in [1.54, 1.807) is 6.08 Å². The van der Waals surface area contributed by atoms with Crippen LogP contribution in [-0.4, -0.2) is 37.6 Å². The van der Waals surface area contributed by atoms with Gasteiger partial charge < -0.3 is 19.9 Å². The zero-order valence-corrected chi connectivity index (χ0v) is 13.2. The van der Waals surface area contributed by atoms with Gasteiger partial charge in [-0.25, -0.2) is 0 Å². The molecule has 0 aromatic rings. The maximum Gasteiger partial charge on any atom is 0.334 e. The maximum absolute atomic E-state index is 11.9. The van der Waals surface area contributed by atoms with Gasteiger partial charge in [0.1, 0.15) is 0 Å². The molecule has 3 N–H and O–H groups in total. The standard InChI is InChI=1S/C11H23O3P.C2H7NO/c1-4-7-8-9-10-14-15(12,11-5-2)13-6-3;3-1-2-4/h5H,2,4,6-11H2,1,3H3;4H,1-3H2. The number of allylic oxidation sites excluding steroid dienone is 1. The Morgan fingerprint density at radius 1 is 1.26 bits per heavy atom. The second-order valence-corrected chi connectivity index (χ2v) is 6.01. The van der Waals surface area contributed by atoms with Crippen molar-refractivity contribution in [1.29, 1.82) is 0 Å². The van der Waals surface area contributed by atoms with E-state index in [4.69, 9.17) is 19.9 Å². The van der Waals surface area contributed by atoms with Crippen LogP contribution in [0.3, 0.4) is 0 Å². The minimum absolute atomic E-state index is 0.0972. The summed E-state index contributed by atoms with van der Waals surface area (Å²) in [5.74, 6) is 0. The lowest BCUT2D eigenvalue weighted by molar-refractivity contribution is 0.210. The number of unbranched alkanes of at least 4 members (excludes halogenated alkanes) is 3. The molecule has 1 atom stereocenters. The second-order valence-electron chi connectivity index (χ2n) is 3.91. The summed E-state index contributed by atoms with van der Waals surface area (Å²) in [6.45, 7) is 8.93. The van der Waals surface area contributed by atoms with Crippen molar-refractivity contribution in [2.75, 3.05) is 32.5 Å². The molecule has 0 saturated carbocycles. The van der Waals surface area contributed by atoms with E-state index in [-0.39, 0.29) is 6.61 Å².